The molecule has 1 saturated heterocycles. The van der Waals surface area contributed by atoms with Crippen LogP contribution in [0.4, 0.5) is 0 Å². The molecule has 19 heavy (non-hydrogen) atoms. The molecule has 1 aliphatic rings. The molecule has 3 nitrogen and oxygen atoms in total. The summed E-state index contributed by atoms with van der Waals surface area (Å²) in [6.45, 7) is 18.3. The fourth-order valence-corrected chi connectivity index (χ4v) is 3.70. The van der Waals surface area contributed by atoms with Crippen LogP contribution in [0, 0.1) is 11.8 Å². The maximum absolute atomic E-state index is 6.25. The van der Waals surface area contributed by atoms with E-state index in [1.165, 1.54) is 45.6 Å². The first kappa shape index (κ1) is 16.9. The Bertz CT molecular complexity index is 232. The predicted molar refractivity (Wildman–Crippen MR) is 84.4 cm³/mol. The van der Waals surface area contributed by atoms with Gasteiger partial charge in [0.1, 0.15) is 0 Å². The predicted octanol–water partition coefficient (Wildman–Crippen LogP) is 2.41. The van der Waals surface area contributed by atoms with Crippen LogP contribution >= 0.6 is 0 Å². The molecule has 1 fully saturated rings. The molecular formula is C16H35N3. The molecular weight excluding hydrogens is 234 g/mol. The molecule has 0 atom stereocenters. The van der Waals surface area contributed by atoms with Crippen molar-refractivity contribution in [3.63, 3.8) is 0 Å². The van der Waals surface area contributed by atoms with Crippen molar-refractivity contribution in [3.05, 3.63) is 0 Å². The Morgan fingerprint density at radius 3 is 1.74 bits per heavy atom. The minimum atomic E-state index is 0.224. The number of piperazine rings is 1. The zero-order valence-electron chi connectivity index (χ0n) is 13.8. The summed E-state index contributed by atoms with van der Waals surface area (Å²) in [7, 11) is 0. The number of nitrogens with zero attached hydrogens (tertiary/aromatic N) is 2. The standard InChI is InChI=1S/C16H35N3/c1-6-18-7-9-19(10-8-18)16(13-17,11-14(2)3)12-15(4)5/h14-15H,6-13,17H2,1-5H3. The summed E-state index contributed by atoms with van der Waals surface area (Å²) in [5.41, 5.74) is 6.47. The second-order valence-electron chi connectivity index (χ2n) is 7.05. The van der Waals surface area contributed by atoms with Crippen LogP contribution in [0.3, 0.4) is 0 Å². The van der Waals surface area contributed by atoms with Crippen LogP contribution in [-0.2, 0) is 0 Å². The van der Waals surface area contributed by atoms with Crippen LogP contribution in [0.25, 0.3) is 0 Å². The zero-order chi connectivity index (χ0) is 14.5. The largest absolute Gasteiger partial charge is 0.329 e. The fourth-order valence-electron chi connectivity index (χ4n) is 3.70. The van der Waals surface area contributed by atoms with E-state index < -0.39 is 0 Å². The van der Waals surface area contributed by atoms with Gasteiger partial charge in [-0.05, 0) is 31.2 Å². The van der Waals surface area contributed by atoms with E-state index in [1.807, 2.05) is 0 Å². The Morgan fingerprint density at radius 1 is 0.947 bits per heavy atom. The Kier molecular flexibility index (Phi) is 6.78. The zero-order valence-corrected chi connectivity index (χ0v) is 13.8. The van der Waals surface area contributed by atoms with Gasteiger partial charge in [-0.1, -0.05) is 34.6 Å². The monoisotopic (exact) mass is 269 g/mol. The molecule has 2 N–H and O–H groups in total. The molecule has 3 heteroatoms. The molecule has 0 saturated carbocycles. The minimum Gasteiger partial charge on any atom is -0.329 e. The van der Waals surface area contributed by atoms with Crippen LogP contribution in [-0.4, -0.2) is 54.6 Å². The maximum Gasteiger partial charge on any atom is 0.0337 e. The van der Waals surface area contributed by atoms with Gasteiger partial charge < -0.3 is 10.6 Å². The van der Waals surface area contributed by atoms with Gasteiger partial charge in [-0.15, -0.1) is 0 Å². The quantitative estimate of drug-likeness (QED) is 0.770. The van der Waals surface area contributed by atoms with Crippen LogP contribution in [0.2, 0.25) is 0 Å². The molecule has 0 spiro atoms. The Balaban J connectivity index is 2.77. The molecule has 0 amide bonds. The third-order valence-corrected chi connectivity index (χ3v) is 4.45. The molecule has 1 heterocycles. The molecule has 0 unspecified atom stereocenters. The highest BCUT2D eigenvalue weighted by Gasteiger charge is 2.37. The summed E-state index contributed by atoms with van der Waals surface area (Å²) in [5.74, 6) is 1.43. The van der Waals surface area contributed by atoms with Gasteiger partial charge >= 0.3 is 0 Å². The van der Waals surface area contributed by atoms with E-state index >= 15 is 0 Å². The lowest BCUT2D eigenvalue weighted by molar-refractivity contribution is 0.0117. The topological polar surface area (TPSA) is 32.5 Å². The van der Waals surface area contributed by atoms with Gasteiger partial charge in [0.05, 0.1) is 0 Å². The van der Waals surface area contributed by atoms with Crippen molar-refractivity contribution in [2.45, 2.75) is 53.0 Å². The van der Waals surface area contributed by atoms with E-state index in [-0.39, 0.29) is 5.54 Å². The highest BCUT2D eigenvalue weighted by Crippen LogP contribution is 2.31. The summed E-state index contributed by atoms with van der Waals surface area (Å²) < 4.78 is 0. The van der Waals surface area contributed by atoms with Gasteiger partial charge in [0, 0.05) is 38.3 Å². The lowest BCUT2D eigenvalue weighted by Gasteiger charge is -2.49. The second kappa shape index (κ2) is 7.61. The smallest absolute Gasteiger partial charge is 0.0337 e. The van der Waals surface area contributed by atoms with Gasteiger partial charge in [-0.25, -0.2) is 0 Å². The molecule has 0 radical (unpaired) electrons. The van der Waals surface area contributed by atoms with Crippen molar-refractivity contribution in [3.8, 4) is 0 Å². The second-order valence-corrected chi connectivity index (χ2v) is 7.05. The first-order valence-corrected chi connectivity index (χ1v) is 8.11. The number of rotatable bonds is 7. The Hall–Kier alpha value is -0.120. The van der Waals surface area contributed by atoms with Crippen molar-refractivity contribution in [2.24, 2.45) is 17.6 Å². The molecule has 0 aromatic rings. The molecule has 1 rings (SSSR count). The van der Waals surface area contributed by atoms with Crippen LogP contribution in [0.5, 0.6) is 0 Å². The lowest BCUT2D eigenvalue weighted by Crippen LogP contribution is -2.61. The number of hydrogen-bond acceptors (Lipinski definition) is 3. The van der Waals surface area contributed by atoms with E-state index in [4.69, 9.17) is 5.73 Å². The van der Waals surface area contributed by atoms with Crippen molar-refractivity contribution in [1.29, 1.82) is 0 Å². The van der Waals surface area contributed by atoms with Crippen molar-refractivity contribution in [1.82, 2.24) is 9.80 Å². The lowest BCUT2D eigenvalue weighted by atomic mass is 9.80. The van der Waals surface area contributed by atoms with E-state index in [0.29, 0.717) is 11.8 Å². The number of nitrogens with two attached hydrogens (primary N) is 1. The van der Waals surface area contributed by atoms with Crippen molar-refractivity contribution >= 4 is 0 Å². The summed E-state index contributed by atoms with van der Waals surface area (Å²) >= 11 is 0. The SMILES string of the molecule is CCN1CCN(C(CN)(CC(C)C)CC(C)C)CC1. The Morgan fingerprint density at radius 2 is 1.42 bits per heavy atom. The van der Waals surface area contributed by atoms with Crippen LogP contribution in [0.1, 0.15) is 47.5 Å². The van der Waals surface area contributed by atoms with Gasteiger partial charge in [-0.3, -0.25) is 4.90 Å². The summed E-state index contributed by atoms with van der Waals surface area (Å²) in [6.07, 6.45) is 2.46. The molecule has 0 aromatic heterocycles. The van der Waals surface area contributed by atoms with E-state index in [2.05, 4.69) is 44.4 Å². The van der Waals surface area contributed by atoms with Crippen molar-refractivity contribution in [2.75, 3.05) is 39.3 Å². The molecule has 0 aromatic carbocycles. The highest BCUT2D eigenvalue weighted by molar-refractivity contribution is 4.95. The molecule has 1 aliphatic heterocycles. The van der Waals surface area contributed by atoms with Gasteiger partial charge in [0.15, 0.2) is 0 Å². The number of hydrogen-bond donors (Lipinski definition) is 1. The first-order chi connectivity index (χ1) is 8.93. The number of likely N-dealkylation sites (N-methyl/N-ethyl adjacent to an activating group) is 1. The Labute approximate surface area is 120 Å². The van der Waals surface area contributed by atoms with E-state index in [0.717, 1.165) is 6.54 Å². The summed E-state index contributed by atoms with van der Waals surface area (Å²) in [5, 5.41) is 0. The average molecular weight is 269 g/mol. The van der Waals surface area contributed by atoms with Gasteiger partial charge in [0.2, 0.25) is 0 Å². The highest BCUT2D eigenvalue weighted by atomic mass is 15.3. The van der Waals surface area contributed by atoms with E-state index in [1.54, 1.807) is 0 Å². The first-order valence-electron chi connectivity index (χ1n) is 8.11. The van der Waals surface area contributed by atoms with Crippen molar-refractivity contribution < 1.29 is 0 Å². The van der Waals surface area contributed by atoms with Crippen LogP contribution in [0.15, 0.2) is 0 Å². The van der Waals surface area contributed by atoms with Crippen LogP contribution < -0.4 is 5.73 Å². The van der Waals surface area contributed by atoms with Gasteiger partial charge in [-0.2, -0.15) is 0 Å². The van der Waals surface area contributed by atoms with Gasteiger partial charge in [0.25, 0.3) is 0 Å². The van der Waals surface area contributed by atoms with E-state index in [9.17, 15) is 0 Å². The molecule has 0 aliphatic carbocycles. The summed E-state index contributed by atoms with van der Waals surface area (Å²) in [4.78, 5) is 5.24. The third-order valence-electron chi connectivity index (χ3n) is 4.45. The third kappa shape index (κ3) is 4.73. The average Bonchev–Trinajstić information content (AvgIpc) is 2.36. The summed E-state index contributed by atoms with van der Waals surface area (Å²) in [6, 6.07) is 0. The normalized spacial score (nSPS) is 19.6. The minimum absolute atomic E-state index is 0.224. The maximum atomic E-state index is 6.25. The fraction of sp³-hybridized carbons (Fsp3) is 1.00. The molecule has 0 bridgehead atoms. The molecule has 114 valence electrons.